The van der Waals surface area contributed by atoms with Crippen LogP contribution in [-0.4, -0.2) is 32.4 Å². The van der Waals surface area contributed by atoms with Crippen LogP contribution in [0.25, 0.3) is 11.1 Å². The van der Waals surface area contributed by atoms with Gasteiger partial charge in [-0.3, -0.25) is 4.90 Å². The highest BCUT2D eigenvalue weighted by Gasteiger charge is 2.40. The lowest BCUT2D eigenvalue weighted by molar-refractivity contribution is 0.171. The zero-order chi connectivity index (χ0) is 15.6. The Labute approximate surface area is 135 Å². The molecular formula is C19H19NO3. The number of nitrogens with zero attached hydrogens (tertiary/aromatic N) is 1. The summed E-state index contributed by atoms with van der Waals surface area (Å²) in [6.07, 6.45) is 2.02. The average Bonchev–Trinajstić information content (AvgIpc) is 3.06. The van der Waals surface area contributed by atoms with Crippen molar-refractivity contribution in [3.8, 4) is 28.4 Å². The summed E-state index contributed by atoms with van der Waals surface area (Å²) in [4.78, 5) is 2.45. The van der Waals surface area contributed by atoms with Crippen molar-refractivity contribution >= 4 is 0 Å². The Morgan fingerprint density at radius 1 is 1.17 bits per heavy atom. The maximum Gasteiger partial charge on any atom is 0.231 e. The van der Waals surface area contributed by atoms with Crippen LogP contribution in [0, 0.1) is 0 Å². The molecule has 0 N–H and O–H groups in total. The predicted octanol–water partition coefficient (Wildman–Crippen LogP) is 3.18. The molecule has 0 radical (unpaired) electrons. The summed E-state index contributed by atoms with van der Waals surface area (Å²) < 4.78 is 17.4. The quantitative estimate of drug-likeness (QED) is 0.809. The highest BCUT2D eigenvalue weighted by Crippen LogP contribution is 2.57. The van der Waals surface area contributed by atoms with Crippen molar-refractivity contribution < 1.29 is 14.2 Å². The Balaban J connectivity index is 1.91. The van der Waals surface area contributed by atoms with E-state index in [2.05, 4.69) is 36.2 Å². The molecule has 2 aliphatic heterocycles. The van der Waals surface area contributed by atoms with Crippen molar-refractivity contribution in [2.45, 2.75) is 18.9 Å². The molecule has 0 amide bonds. The summed E-state index contributed by atoms with van der Waals surface area (Å²) in [5, 5.41) is 0. The van der Waals surface area contributed by atoms with Crippen molar-refractivity contribution in [1.29, 1.82) is 0 Å². The molecule has 0 spiro atoms. The third-order valence-electron chi connectivity index (χ3n) is 5.40. The molecule has 2 aromatic rings. The van der Waals surface area contributed by atoms with Gasteiger partial charge in [0.2, 0.25) is 12.5 Å². The summed E-state index contributed by atoms with van der Waals surface area (Å²) >= 11 is 0. The normalized spacial score (nSPS) is 20.9. The van der Waals surface area contributed by atoms with Gasteiger partial charge in [-0.05, 0) is 36.6 Å². The summed E-state index contributed by atoms with van der Waals surface area (Å²) in [5.41, 5.74) is 6.54. The van der Waals surface area contributed by atoms with Crippen molar-refractivity contribution in [3.05, 3.63) is 41.0 Å². The Hall–Kier alpha value is -2.20. The number of benzene rings is 2. The molecule has 4 nitrogen and oxygen atoms in total. The van der Waals surface area contributed by atoms with Crippen LogP contribution in [0.2, 0.25) is 0 Å². The van der Waals surface area contributed by atoms with E-state index in [9.17, 15) is 0 Å². The molecule has 1 atom stereocenters. The van der Waals surface area contributed by atoms with E-state index >= 15 is 0 Å². The maximum atomic E-state index is 5.88. The fourth-order valence-electron chi connectivity index (χ4n) is 4.34. The van der Waals surface area contributed by atoms with E-state index in [1.165, 1.54) is 27.8 Å². The molecule has 2 aromatic carbocycles. The van der Waals surface area contributed by atoms with E-state index < -0.39 is 0 Å². The van der Waals surface area contributed by atoms with Crippen LogP contribution < -0.4 is 14.2 Å². The standard InChI is InChI=1S/C19H19NO3/c1-20-8-7-13-15-14(20)9-11-5-3-4-6-12(11)16(15)18-19(17(13)21-2)23-10-22-18/h3-6,14H,7-10H2,1-2H3/t14-/m0/s1. The van der Waals surface area contributed by atoms with E-state index in [-0.39, 0.29) is 6.79 Å². The number of fused-ring (bicyclic) bond motifs is 4. The molecular weight excluding hydrogens is 290 g/mol. The minimum Gasteiger partial charge on any atom is -0.492 e. The number of rotatable bonds is 1. The average molecular weight is 309 g/mol. The monoisotopic (exact) mass is 309 g/mol. The first-order valence-corrected chi connectivity index (χ1v) is 8.10. The fourth-order valence-corrected chi connectivity index (χ4v) is 4.34. The molecule has 0 saturated heterocycles. The maximum absolute atomic E-state index is 5.88. The highest BCUT2D eigenvalue weighted by atomic mass is 16.7. The van der Waals surface area contributed by atoms with Crippen LogP contribution >= 0.6 is 0 Å². The molecule has 2 heterocycles. The van der Waals surface area contributed by atoms with Gasteiger partial charge in [-0.1, -0.05) is 24.3 Å². The molecule has 3 aliphatic rings. The second-order valence-corrected chi connectivity index (χ2v) is 6.47. The second-order valence-electron chi connectivity index (χ2n) is 6.47. The van der Waals surface area contributed by atoms with Crippen molar-refractivity contribution in [2.75, 3.05) is 27.5 Å². The molecule has 118 valence electrons. The topological polar surface area (TPSA) is 30.9 Å². The van der Waals surface area contributed by atoms with Gasteiger partial charge in [0.05, 0.1) is 7.11 Å². The molecule has 0 bridgehead atoms. The van der Waals surface area contributed by atoms with Crippen LogP contribution in [0.4, 0.5) is 0 Å². The number of hydrogen-bond donors (Lipinski definition) is 0. The lowest BCUT2D eigenvalue weighted by atomic mass is 9.76. The zero-order valence-electron chi connectivity index (χ0n) is 13.4. The van der Waals surface area contributed by atoms with E-state index in [0.29, 0.717) is 6.04 Å². The zero-order valence-corrected chi connectivity index (χ0v) is 13.4. The van der Waals surface area contributed by atoms with Gasteiger partial charge in [-0.15, -0.1) is 0 Å². The molecule has 4 heteroatoms. The second kappa shape index (κ2) is 4.65. The highest BCUT2D eigenvalue weighted by molar-refractivity contribution is 5.86. The van der Waals surface area contributed by atoms with E-state index in [0.717, 1.165) is 36.6 Å². The van der Waals surface area contributed by atoms with Gasteiger partial charge in [-0.2, -0.15) is 0 Å². The predicted molar refractivity (Wildman–Crippen MR) is 87.3 cm³/mol. The first-order chi connectivity index (χ1) is 11.3. The molecule has 0 unspecified atom stereocenters. The van der Waals surface area contributed by atoms with E-state index in [1.807, 2.05) is 0 Å². The van der Waals surface area contributed by atoms with Crippen LogP contribution in [0.5, 0.6) is 17.2 Å². The van der Waals surface area contributed by atoms with Crippen LogP contribution in [0.15, 0.2) is 24.3 Å². The number of hydrogen-bond acceptors (Lipinski definition) is 4. The van der Waals surface area contributed by atoms with Gasteiger partial charge in [0.1, 0.15) is 0 Å². The van der Waals surface area contributed by atoms with Gasteiger partial charge < -0.3 is 14.2 Å². The first-order valence-electron chi connectivity index (χ1n) is 8.10. The minimum absolute atomic E-state index is 0.268. The van der Waals surface area contributed by atoms with Crippen LogP contribution in [-0.2, 0) is 12.8 Å². The summed E-state index contributed by atoms with van der Waals surface area (Å²) in [6, 6.07) is 9.03. The molecule has 1 aliphatic carbocycles. The van der Waals surface area contributed by atoms with Gasteiger partial charge in [0, 0.05) is 23.7 Å². The SMILES string of the molecule is COc1c2c3c(c4c1OCO4)-c1ccccc1C[C@@H]3N(C)CC2. The third-order valence-corrected chi connectivity index (χ3v) is 5.40. The van der Waals surface area contributed by atoms with E-state index in [1.54, 1.807) is 7.11 Å². The van der Waals surface area contributed by atoms with Crippen molar-refractivity contribution in [1.82, 2.24) is 4.90 Å². The van der Waals surface area contributed by atoms with Crippen LogP contribution in [0.3, 0.4) is 0 Å². The van der Waals surface area contributed by atoms with Gasteiger partial charge in [0.15, 0.2) is 11.5 Å². The van der Waals surface area contributed by atoms with E-state index in [4.69, 9.17) is 14.2 Å². The van der Waals surface area contributed by atoms with Crippen LogP contribution in [0.1, 0.15) is 22.7 Å². The van der Waals surface area contributed by atoms with Crippen molar-refractivity contribution in [3.63, 3.8) is 0 Å². The smallest absolute Gasteiger partial charge is 0.231 e. The summed E-state index contributed by atoms with van der Waals surface area (Å²) in [5.74, 6) is 2.50. The number of ether oxygens (including phenoxy) is 3. The molecule has 23 heavy (non-hydrogen) atoms. The third kappa shape index (κ3) is 1.64. The summed E-state index contributed by atoms with van der Waals surface area (Å²) in [7, 11) is 3.94. The lowest BCUT2D eigenvalue weighted by Crippen LogP contribution is -2.35. The minimum atomic E-state index is 0.268. The molecule has 0 saturated carbocycles. The largest absolute Gasteiger partial charge is 0.492 e. The van der Waals surface area contributed by atoms with Gasteiger partial charge in [-0.25, -0.2) is 0 Å². The fraction of sp³-hybridized carbons (Fsp3) is 0.368. The van der Waals surface area contributed by atoms with Gasteiger partial charge in [0.25, 0.3) is 0 Å². The Bertz CT molecular complexity index is 815. The number of methoxy groups -OCH3 is 1. The van der Waals surface area contributed by atoms with Crippen molar-refractivity contribution in [2.24, 2.45) is 0 Å². The Morgan fingerprint density at radius 3 is 2.87 bits per heavy atom. The molecule has 0 aromatic heterocycles. The lowest BCUT2D eigenvalue weighted by Gasteiger charge is -2.40. The number of likely N-dealkylation sites (N-methyl/N-ethyl adjacent to an activating group) is 1. The van der Waals surface area contributed by atoms with Gasteiger partial charge >= 0.3 is 0 Å². The molecule has 0 fully saturated rings. The Morgan fingerprint density at radius 2 is 2.00 bits per heavy atom. The summed E-state index contributed by atoms with van der Waals surface area (Å²) in [6.45, 7) is 1.31. The first kappa shape index (κ1) is 13.3. The molecule has 5 rings (SSSR count). The Kier molecular flexibility index (Phi) is 2.68.